The minimum Gasteiger partial charge on any atom is -0.369 e. The van der Waals surface area contributed by atoms with E-state index in [1.807, 2.05) is 18.5 Å². The number of rotatable bonds is 1. The molecule has 1 spiro atoms. The average Bonchev–Trinajstić information content (AvgIpc) is 3.01. The van der Waals surface area contributed by atoms with Crippen LogP contribution < -0.4 is 5.32 Å². The summed E-state index contributed by atoms with van der Waals surface area (Å²) < 4.78 is 14.2. The smallest absolute Gasteiger partial charge is 0.133 e. The predicted octanol–water partition coefficient (Wildman–Crippen LogP) is 3.83. The number of nitrogens with one attached hydrogen (secondary N) is 2. The van der Waals surface area contributed by atoms with Gasteiger partial charge < -0.3 is 10.3 Å². The second kappa shape index (κ2) is 3.64. The summed E-state index contributed by atoms with van der Waals surface area (Å²) in [5.74, 6) is 0.806. The van der Waals surface area contributed by atoms with E-state index in [1.165, 1.54) is 24.5 Å². The highest BCUT2D eigenvalue weighted by Crippen LogP contribution is 2.54. The maximum Gasteiger partial charge on any atom is 0.133 e. The molecule has 2 N–H and O–H groups in total. The third-order valence-electron chi connectivity index (χ3n) is 4.87. The highest BCUT2D eigenvalue weighted by Gasteiger charge is 2.49. The third kappa shape index (κ3) is 1.45. The Kier molecular flexibility index (Phi) is 1.96. The lowest BCUT2D eigenvalue weighted by molar-refractivity contribution is 0.640. The highest BCUT2D eigenvalue weighted by molar-refractivity contribution is 5.96. The predicted molar refractivity (Wildman–Crippen MR) is 80.9 cm³/mol. The summed E-state index contributed by atoms with van der Waals surface area (Å²) in [5.41, 5.74) is 4.29. The number of fused-ring (bicyclic) bond motifs is 3. The van der Waals surface area contributed by atoms with Crippen LogP contribution in [0, 0.1) is 5.82 Å². The topological polar surface area (TPSA) is 40.7 Å². The quantitative estimate of drug-likeness (QED) is 0.711. The molecule has 3 nitrogen and oxygen atoms in total. The van der Waals surface area contributed by atoms with Gasteiger partial charge in [0.2, 0.25) is 0 Å². The summed E-state index contributed by atoms with van der Waals surface area (Å²) in [6.07, 6.45) is 6.15. The van der Waals surface area contributed by atoms with Gasteiger partial charge in [-0.25, -0.2) is 9.37 Å². The molecule has 2 aromatic heterocycles. The zero-order chi connectivity index (χ0) is 14.0. The SMILES string of the molecule is Fc1cccc2[nH]cc(-c3cnc4c(c3)C3(CC3)CN4)c12. The number of H-pyrrole nitrogens is 1. The Morgan fingerprint density at radius 3 is 3.00 bits per heavy atom. The van der Waals surface area contributed by atoms with Gasteiger partial charge in [-0.2, -0.15) is 0 Å². The molecular formula is C17H14FN3. The second-order valence-electron chi connectivity index (χ2n) is 6.12. The number of hydrogen-bond acceptors (Lipinski definition) is 2. The molecule has 1 aliphatic heterocycles. The van der Waals surface area contributed by atoms with Crippen LogP contribution in [0.5, 0.6) is 0 Å². The van der Waals surface area contributed by atoms with Gasteiger partial charge >= 0.3 is 0 Å². The van der Waals surface area contributed by atoms with Crippen molar-refractivity contribution < 1.29 is 4.39 Å². The van der Waals surface area contributed by atoms with Crippen LogP contribution in [0.1, 0.15) is 18.4 Å². The van der Waals surface area contributed by atoms with Gasteiger partial charge in [0.15, 0.2) is 0 Å². The molecule has 1 aromatic carbocycles. The summed E-state index contributed by atoms with van der Waals surface area (Å²) in [7, 11) is 0. The summed E-state index contributed by atoms with van der Waals surface area (Å²) in [6.45, 7) is 0.987. The summed E-state index contributed by atoms with van der Waals surface area (Å²) in [6, 6.07) is 7.31. The van der Waals surface area contributed by atoms with Gasteiger partial charge in [0, 0.05) is 51.9 Å². The zero-order valence-electron chi connectivity index (χ0n) is 11.4. The van der Waals surface area contributed by atoms with Crippen LogP contribution in [-0.2, 0) is 5.41 Å². The molecule has 0 bridgehead atoms. The van der Waals surface area contributed by atoms with Crippen LogP contribution in [0.15, 0.2) is 36.7 Å². The second-order valence-corrected chi connectivity index (χ2v) is 6.12. The van der Waals surface area contributed by atoms with Crippen molar-refractivity contribution in [2.75, 3.05) is 11.9 Å². The fourth-order valence-corrected chi connectivity index (χ4v) is 3.47. The van der Waals surface area contributed by atoms with Crippen molar-refractivity contribution >= 4 is 16.7 Å². The minimum atomic E-state index is -0.191. The maximum absolute atomic E-state index is 14.2. The van der Waals surface area contributed by atoms with Crippen molar-refractivity contribution in [2.24, 2.45) is 0 Å². The molecule has 5 rings (SSSR count). The van der Waals surface area contributed by atoms with E-state index in [4.69, 9.17) is 0 Å². The molecule has 0 atom stereocenters. The average molecular weight is 279 g/mol. The van der Waals surface area contributed by atoms with Crippen LogP contribution >= 0.6 is 0 Å². The van der Waals surface area contributed by atoms with E-state index in [2.05, 4.69) is 21.4 Å². The molecule has 0 amide bonds. The highest BCUT2D eigenvalue weighted by atomic mass is 19.1. The standard InChI is InChI=1S/C17H14FN3/c18-13-2-1-3-14-15(13)11(8-19-14)10-6-12-16(20-7-10)21-9-17(12)4-5-17/h1-3,6-8,19H,4-5,9H2,(H,20,21). The first kappa shape index (κ1) is 11.3. The molecule has 3 heterocycles. The first-order valence-corrected chi connectivity index (χ1v) is 7.27. The van der Waals surface area contributed by atoms with E-state index in [-0.39, 0.29) is 5.82 Å². The van der Waals surface area contributed by atoms with E-state index < -0.39 is 0 Å². The third-order valence-corrected chi connectivity index (χ3v) is 4.87. The van der Waals surface area contributed by atoms with E-state index in [1.54, 1.807) is 6.07 Å². The van der Waals surface area contributed by atoms with Gasteiger partial charge in [-0.05, 0) is 31.0 Å². The van der Waals surface area contributed by atoms with Crippen molar-refractivity contribution in [3.63, 3.8) is 0 Å². The molecule has 0 unspecified atom stereocenters. The zero-order valence-corrected chi connectivity index (χ0v) is 11.4. The molecule has 0 radical (unpaired) electrons. The molecule has 0 saturated heterocycles. The number of anilines is 1. The number of benzene rings is 1. The Hall–Kier alpha value is -2.36. The molecule has 2 aliphatic rings. The Morgan fingerprint density at radius 2 is 2.14 bits per heavy atom. The Bertz CT molecular complexity index is 877. The van der Waals surface area contributed by atoms with E-state index in [0.717, 1.165) is 29.0 Å². The van der Waals surface area contributed by atoms with Crippen LogP contribution in [0.3, 0.4) is 0 Å². The Balaban J connectivity index is 1.74. The van der Waals surface area contributed by atoms with E-state index in [9.17, 15) is 4.39 Å². The lowest BCUT2D eigenvalue weighted by atomic mass is 9.96. The number of aromatic nitrogens is 2. The van der Waals surface area contributed by atoms with Gasteiger partial charge in [-0.3, -0.25) is 0 Å². The van der Waals surface area contributed by atoms with Crippen molar-refractivity contribution in [1.29, 1.82) is 0 Å². The van der Waals surface area contributed by atoms with Gasteiger partial charge in [-0.15, -0.1) is 0 Å². The summed E-state index contributed by atoms with van der Waals surface area (Å²) >= 11 is 0. The van der Waals surface area contributed by atoms with Crippen LogP contribution in [0.2, 0.25) is 0 Å². The summed E-state index contributed by atoms with van der Waals surface area (Å²) in [5, 5.41) is 4.03. The molecular weight excluding hydrogens is 265 g/mol. The van der Waals surface area contributed by atoms with Crippen LogP contribution in [0.25, 0.3) is 22.0 Å². The first-order chi connectivity index (χ1) is 10.3. The van der Waals surface area contributed by atoms with Gasteiger partial charge in [0.25, 0.3) is 0 Å². The van der Waals surface area contributed by atoms with E-state index >= 15 is 0 Å². The van der Waals surface area contributed by atoms with Crippen molar-refractivity contribution in [3.8, 4) is 11.1 Å². The van der Waals surface area contributed by atoms with Crippen LogP contribution in [0.4, 0.5) is 10.2 Å². The van der Waals surface area contributed by atoms with Crippen molar-refractivity contribution in [2.45, 2.75) is 18.3 Å². The number of aromatic amines is 1. The lowest BCUT2D eigenvalue weighted by Gasteiger charge is -2.07. The number of nitrogens with zero attached hydrogens (tertiary/aromatic N) is 1. The van der Waals surface area contributed by atoms with Gasteiger partial charge in [-0.1, -0.05) is 6.07 Å². The molecule has 1 fully saturated rings. The number of halogens is 1. The normalized spacial score (nSPS) is 18.0. The molecule has 4 heteroatoms. The largest absolute Gasteiger partial charge is 0.369 e. The van der Waals surface area contributed by atoms with E-state index in [0.29, 0.717) is 10.8 Å². The molecule has 21 heavy (non-hydrogen) atoms. The first-order valence-electron chi connectivity index (χ1n) is 7.27. The van der Waals surface area contributed by atoms with Crippen molar-refractivity contribution in [3.05, 3.63) is 48.0 Å². The fourth-order valence-electron chi connectivity index (χ4n) is 3.47. The van der Waals surface area contributed by atoms with Crippen LogP contribution in [-0.4, -0.2) is 16.5 Å². The Labute approximate surface area is 121 Å². The number of hydrogen-bond donors (Lipinski definition) is 2. The molecule has 1 saturated carbocycles. The molecule has 1 aliphatic carbocycles. The monoisotopic (exact) mass is 279 g/mol. The van der Waals surface area contributed by atoms with Crippen molar-refractivity contribution in [1.82, 2.24) is 9.97 Å². The maximum atomic E-state index is 14.2. The Morgan fingerprint density at radius 1 is 1.24 bits per heavy atom. The van der Waals surface area contributed by atoms with Gasteiger partial charge in [0.1, 0.15) is 11.6 Å². The molecule has 104 valence electrons. The van der Waals surface area contributed by atoms with Gasteiger partial charge in [0.05, 0.1) is 0 Å². The summed E-state index contributed by atoms with van der Waals surface area (Å²) in [4.78, 5) is 7.69. The fraction of sp³-hybridized carbons (Fsp3) is 0.235. The number of pyridine rings is 1. The minimum absolute atomic E-state index is 0.191. The molecule has 3 aromatic rings. The lowest BCUT2D eigenvalue weighted by Crippen LogP contribution is -2.08.